The third kappa shape index (κ3) is 6.12. The van der Waals surface area contributed by atoms with Crippen molar-refractivity contribution in [1.29, 1.82) is 0 Å². The molecule has 3 aromatic carbocycles. The summed E-state index contributed by atoms with van der Waals surface area (Å²) < 4.78 is 0. The van der Waals surface area contributed by atoms with Crippen LogP contribution < -0.4 is 5.32 Å². The van der Waals surface area contributed by atoms with Crippen LogP contribution >= 0.6 is 0 Å². The molecule has 0 saturated carbocycles. The molecule has 3 aromatic rings. The van der Waals surface area contributed by atoms with Gasteiger partial charge in [-0.3, -0.25) is 9.59 Å². The van der Waals surface area contributed by atoms with Crippen molar-refractivity contribution in [2.75, 3.05) is 26.7 Å². The van der Waals surface area contributed by atoms with Crippen LogP contribution in [-0.2, 0) is 29.0 Å². The molecule has 2 fully saturated rings. The fourth-order valence-corrected chi connectivity index (χ4v) is 5.52. The highest BCUT2D eigenvalue weighted by Gasteiger charge is 2.50. The van der Waals surface area contributed by atoms with Gasteiger partial charge in [-0.25, -0.2) is 14.8 Å². The summed E-state index contributed by atoms with van der Waals surface area (Å²) in [4.78, 5) is 44.2. The number of benzene rings is 3. The highest BCUT2D eigenvalue weighted by atomic mass is 16.2. The van der Waals surface area contributed by atoms with Crippen LogP contribution in [0.15, 0.2) is 91.0 Å². The van der Waals surface area contributed by atoms with Crippen LogP contribution in [0.3, 0.4) is 0 Å². The molecule has 0 bridgehead atoms. The molecular formula is C31H35N5O3. The molecule has 0 unspecified atom stereocenters. The minimum Gasteiger partial charge on any atom is -0.337 e. The Bertz CT molecular complexity index is 1270. The Morgan fingerprint density at radius 2 is 1.44 bits per heavy atom. The number of urea groups is 1. The molecule has 0 radical (unpaired) electrons. The molecule has 0 spiro atoms. The zero-order chi connectivity index (χ0) is 27.2. The first-order valence-corrected chi connectivity index (χ1v) is 13.5. The minimum absolute atomic E-state index is 0.0296. The first-order valence-electron chi connectivity index (χ1n) is 13.5. The van der Waals surface area contributed by atoms with Gasteiger partial charge in [0.15, 0.2) is 0 Å². The van der Waals surface area contributed by atoms with Crippen molar-refractivity contribution in [2.24, 2.45) is 0 Å². The summed E-state index contributed by atoms with van der Waals surface area (Å²) >= 11 is 0. The number of likely N-dealkylation sites (N-methyl/N-ethyl adjacent to an activating group) is 1. The number of carbonyl (C=O) groups excluding carboxylic acids is 3. The van der Waals surface area contributed by atoms with Gasteiger partial charge in [0, 0.05) is 26.6 Å². The van der Waals surface area contributed by atoms with Gasteiger partial charge in [0.05, 0.1) is 13.1 Å². The molecule has 2 aliphatic heterocycles. The predicted octanol–water partition coefficient (Wildman–Crippen LogP) is 3.30. The number of nitrogens with one attached hydrogen (secondary N) is 1. The van der Waals surface area contributed by atoms with Gasteiger partial charge in [-0.05, 0) is 29.5 Å². The maximum absolute atomic E-state index is 13.8. The highest BCUT2D eigenvalue weighted by Crippen LogP contribution is 2.28. The van der Waals surface area contributed by atoms with E-state index in [1.54, 1.807) is 22.0 Å². The van der Waals surface area contributed by atoms with Gasteiger partial charge < -0.3 is 15.1 Å². The third-order valence-corrected chi connectivity index (χ3v) is 7.44. The smallest absolute Gasteiger partial charge is 0.334 e. The van der Waals surface area contributed by atoms with E-state index in [2.05, 4.69) is 17.4 Å². The van der Waals surface area contributed by atoms with Gasteiger partial charge in [-0.2, -0.15) is 0 Å². The zero-order valence-electron chi connectivity index (χ0n) is 22.3. The van der Waals surface area contributed by atoms with Crippen molar-refractivity contribution >= 4 is 17.8 Å². The lowest BCUT2D eigenvalue weighted by molar-refractivity contribution is -0.186. The normalized spacial score (nSPS) is 19.7. The summed E-state index contributed by atoms with van der Waals surface area (Å²) in [5.41, 5.74) is 3.19. The van der Waals surface area contributed by atoms with E-state index in [1.165, 1.54) is 5.56 Å². The summed E-state index contributed by atoms with van der Waals surface area (Å²) in [5, 5.41) is 6.28. The minimum atomic E-state index is -0.673. The second-order valence-corrected chi connectivity index (χ2v) is 10.2. The lowest BCUT2D eigenvalue weighted by Crippen LogP contribution is -2.76. The molecule has 0 aliphatic carbocycles. The van der Waals surface area contributed by atoms with Crippen molar-refractivity contribution in [2.45, 2.75) is 38.0 Å². The van der Waals surface area contributed by atoms with Crippen LogP contribution in [-0.4, -0.2) is 76.6 Å². The van der Waals surface area contributed by atoms with Gasteiger partial charge in [0.2, 0.25) is 11.8 Å². The molecule has 2 aliphatic rings. The van der Waals surface area contributed by atoms with Crippen LogP contribution in [0.4, 0.5) is 4.79 Å². The van der Waals surface area contributed by atoms with Crippen LogP contribution in [0.1, 0.15) is 23.1 Å². The first-order chi connectivity index (χ1) is 19.0. The maximum atomic E-state index is 13.8. The Labute approximate surface area is 229 Å². The molecule has 4 amide bonds. The molecule has 39 heavy (non-hydrogen) atoms. The molecule has 1 N–H and O–H groups in total. The fraction of sp³-hybridized carbons (Fsp3) is 0.323. The third-order valence-electron chi connectivity index (χ3n) is 7.44. The second-order valence-electron chi connectivity index (χ2n) is 10.2. The van der Waals surface area contributed by atoms with E-state index in [-0.39, 0.29) is 30.9 Å². The first kappa shape index (κ1) is 26.4. The van der Waals surface area contributed by atoms with Crippen molar-refractivity contribution in [3.8, 4) is 0 Å². The van der Waals surface area contributed by atoms with Crippen LogP contribution in [0.2, 0.25) is 0 Å². The Balaban J connectivity index is 1.38. The van der Waals surface area contributed by atoms with E-state index in [0.717, 1.165) is 24.0 Å². The summed E-state index contributed by atoms with van der Waals surface area (Å²) in [5.74, 6) is -0.210. The van der Waals surface area contributed by atoms with Crippen molar-refractivity contribution in [3.05, 3.63) is 108 Å². The van der Waals surface area contributed by atoms with Crippen molar-refractivity contribution < 1.29 is 14.4 Å². The Morgan fingerprint density at radius 3 is 2.08 bits per heavy atom. The number of nitrogens with zero attached hydrogens (tertiary/aromatic N) is 4. The lowest BCUT2D eigenvalue weighted by atomic mass is 9.98. The number of hydrogen-bond acceptors (Lipinski definition) is 4. The average Bonchev–Trinajstić information content (AvgIpc) is 2.95. The monoisotopic (exact) mass is 525 g/mol. The second kappa shape index (κ2) is 12.1. The van der Waals surface area contributed by atoms with Gasteiger partial charge >= 0.3 is 6.03 Å². The molecule has 2 atom stereocenters. The van der Waals surface area contributed by atoms with Crippen LogP contribution in [0.5, 0.6) is 0 Å². The molecule has 202 valence electrons. The Kier molecular flexibility index (Phi) is 8.22. The molecular weight excluding hydrogens is 490 g/mol. The van der Waals surface area contributed by atoms with E-state index in [9.17, 15) is 14.4 Å². The van der Waals surface area contributed by atoms with E-state index >= 15 is 0 Å². The quantitative estimate of drug-likeness (QED) is 0.490. The fourth-order valence-electron chi connectivity index (χ4n) is 5.52. The van der Waals surface area contributed by atoms with Crippen molar-refractivity contribution in [3.63, 3.8) is 0 Å². The van der Waals surface area contributed by atoms with Gasteiger partial charge in [-0.15, -0.1) is 0 Å². The molecule has 0 aromatic heterocycles. The molecule has 8 heteroatoms. The lowest BCUT2D eigenvalue weighted by Gasteiger charge is -2.54. The van der Waals surface area contributed by atoms with Crippen molar-refractivity contribution in [1.82, 2.24) is 25.1 Å². The number of hydrogen-bond donors (Lipinski definition) is 1. The molecule has 2 heterocycles. The zero-order valence-corrected chi connectivity index (χ0v) is 22.3. The standard InChI is InChI=1S/C31H35N5O3/c1-33-23-29(37)35-27(20-25-14-7-3-8-15-25)30(38)34(19-11-18-24-12-5-2-6-13-24)22-28(35)36(33)31(39)32-21-26-16-9-4-10-17-26/h2-10,12-17,27-28H,11,18-23H2,1H3,(H,32,39)/t27-,28-/m0/s1. The number of rotatable bonds is 8. The molecule has 8 nitrogen and oxygen atoms in total. The molecule has 2 saturated heterocycles. The van der Waals surface area contributed by atoms with Gasteiger partial charge in [0.1, 0.15) is 12.2 Å². The number of piperazine rings is 1. The summed E-state index contributed by atoms with van der Waals surface area (Å²) in [6.07, 6.45) is 1.46. The van der Waals surface area contributed by atoms with Gasteiger partial charge in [-0.1, -0.05) is 91.0 Å². The van der Waals surface area contributed by atoms with Crippen LogP contribution in [0, 0.1) is 0 Å². The number of amides is 4. The summed E-state index contributed by atoms with van der Waals surface area (Å²) in [6.45, 7) is 1.23. The summed E-state index contributed by atoms with van der Waals surface area (Å²) in [6, 6.07) is 28.7. The number of aryl methyl sites for hydroxylation is 1. The summed E-state index contributed by atoms with van der Waals surface area (Å²) in [7, 11) is 1.75. The topological polar surface area (TPSA) is 76.2 Å². The van der Waals surface area contributed by atoms with Crippen LogP contribution in [0.25, 0.3) is 0 Å². The van der Waals surface area contributed by atoms with E-state index in [0.29, 0.717) is 19.5 Å². The number of carbonyl (C=O) groups is 3. The average molecular weight is 526 g/mol. The maximum Gasteiger partial charge on any atom is 0.334 e. The number of hydrazine groups is 1. The van der Waals surface area contributed by atoms with E-state index < -0.39 is 12.2 Å². The van der Waals surface area contributed by atoms with E-state index in [1.807, 2.05) is 83.8 Å². The van der Waals surface area contributed by atoms with Gasteiger partial charge in [0.25, 0.3) is 0 Å². The Morgan fingerprint density at radius 1 is 0.846 bits per heavy atom. The largest absolute Gasteiger partial charge is 0.337 e. The van der Waals surface area contributed by atoms with E-state index in [4.69, 9.17) is 0 Å². The SMILES string of the molecule is CN1CC(=O)N2[C@@H](Cc3ccccc3)C(=O)N(CCCc3ccccc3)C[C@@H]2N1C(=O)NCc1ccccc1. The molecule has 5 rings (SSSR count). The predicted molar refractivity (Wildman–Crippen MR) is 149 cm³/mol. The number of fused-ring (bicyclic) bond motifs is 1. The highest BCUT2D eigenvalue weighted by molar-refractivity contribution is 5.91. The Hall–Kier alpha value is -4.17.